The van der Waals surface area contributed by atoms with Crippen molar-refractivity contribution >= 4 is 32.3 Å². The van der Waals surface area contributed by atoms with Crippen molar-refractivity contribution in [3.63, 3.8) is 0 Å². The van der Waals surface area contributed by atoms with Crippen molar-refractivity contribution in [2.45, 2.75) is 90.6 Å². The van der Waals surface area contributed by atoms with Gasteiger partial charge in [-0.2, -0.15) is 2.95 Å². The molecular weight excluding hydrogens is 404 g/mol. The van der Waals surface area contributed by atoms with E-state index in [0.717, 1.165) is 13.1 Å². The topological polar surface area (TPSA) is 6.48 Å². The van der Waals surface area contributed by atoms with Gasteiger partial charge in [0.1, 0.15) is 0 Å². The minimum atomic E-state index is -0.0445. The summed E-state index contributed by atoms with van der Waals surface area (Å²) in [5.74, 6) is 0. The molecule has 0 amide bonds. The molecule has 0 N–H and O–H groups in total. The van der Waals surface area contributed by atoms with Crippen LogP contribution in [0.1, 0.15) is 79.6 Å². The minimum Gasteiger partial charge on any atom is -0.293 e. The molecule has 0 spiro atoms. The highest BCUT2D eigenvalue weighted by molar-refractivity contribution is 9.21. The molecule has 0 heterocycles. The molecule has 0 radical (unpaired) electrons. The summed E-state index contributed by atoms with van der Waals surface area (Å²) in [4.78, 5) is 2.54. The number of halogens is 2. The molecule has 2 nitrogen and oxygen atoms in total. The Bertz CT molecular complexity index is 301. The van der Waals surface area contributed by atoms with Gasteiger partial charge in [0.25, 0.3) is 0 Å². The highest BCUT2D eigenvalue weighted by Crippen LogP contribution is 2.37. The first-order chi connectivity index (χ1) is 10.2. The fourth-order valence-corrected chi connectivity index (χ4v) is 3.48. The molecule has 0 aromatic rings. The third-order valence-corrected chi connectivity index (χ3v) is 6.86. The van der Waals surface area contributed by atoms with E-state index in [4.69, 9.17) is 0 Å². The molecule has 0 aliphatic rings. The number of hydrogen-bond donors (Lipinski definition) is 0. The van der Waals surface area contributed by atoms with E-state index in [-0.39, 0.29) is 11.1 Å². The minimum absolute atomic E-state index is 0.0242. The van der Waals surface area contributed by atoms with Crippen molar-refractivity contribution in [2.24, 2.45) is 0 Å². The van der Waals surface area contributed by atoms with Crippen LogP contribution in [0.4, 0.5) is 0 Å². The maximum Gasteiger partial charge on any atom is 0.0553 e. The largest absolute Gasteiger partial charge is 0.293 e. The summed E-state index contributed by atoms with van der Waals surface area (Å²) in [6, 6.07) is 0. The van der Waals surface area contributed by atoms with Gasteiger partial charge in [-0.25, -0.2) is 0 Å². The summed E-state index contributed by atoms with van der Waals surface area (Å²) < 4.78 is 1.97. The third kappa shape index (κ3) is 7.02. The molecule has 0 aromatic heterocycles. The van der Waals surface area contributed by atoms with Gasteiger partial charge in [-0.3, -0.25) is 4.90 Å². The van der Waals surface area contributed by atoms with Gasteiger partial charge in [0.2, 0.25) is 0 Å². The molecule has 0 aliphatic carbocycles. The van der Waals surface area contributed by atoms with Gasteiger partial charge >= 0.3 is 0 Å². The first-order valence-corrected chi connectivity index (χ1v) is 10.1. The zero-order valence-corrected chi connectivity index (χ0v) is 18.5. The van der Waals surface area contributed by atoms with Gasteiger partial charge in [-0.05, 0) is 40.7 Å². The summed E-state index contributed by atoms with van der Waals surface area (Å²) in [6.45, 7) is 17.4. The Balaban J connectivity index is 4.44. The molecule has 0 atom stereocenters. The van der Waals surface area contributed by atoms with Crippen molar-refractivity contribution in [3.8, 4) is 0 Å². The van der Waals surface area contributed by atoms with E-state index in [1.54, 1.807) is 0 Å². The van der Waals surface area contributed by atoms with Gasteiger partial charge < -0.3 is 0 Å². The summed E-state index contributed by atoms with van der Waals surface area (Å²) in [6.07, 6.45) is 11.5. The van der Waals surface area contributed by atoms with E-state index in [1.165, 1.54) is 44.9 Å². The van der Waals surface area contributed by atoms with E-state index < -0.39 is 0 Å². The molecule has 0 bridgehead atoms. The van der Waals surface area contributed by atoms with Crippen LogP contribution in [-0.4, -0.2) is 32.0 Å². The molecule has 0 rings (SSSR count). The molecule has 22 heavy (non-hydrogen) atoms. The average Bonchev–Trinajstić information content (AvgIpc) is 2.44. The lowest BCUT2D eigenvalue weighted by Gasteiger charge is -2.50. The summed E-state index contributed by atoms with van der Waals surface area (Å²) in [7, 11) is 0. The summed E-state index contributed by atoms with van der Waals surface area (Å²) in [5, 5.41) is 0. The molecule has 0 aromatic carbocycles. The quantitative estimate of drug-likeness (QED) is 0.179. The van der Waals surface area contributed by atoms with Crippen molar-refractivity contribution in [3.05, 3.63) is 12.7 Å². The van der Waals surface area contributed by atoms with Crippen molar-refractivity contribution in [1.82, 2.24) is 7.85 Å². The molecule has 0 saturated heterocycles. The fraction of sp³-hybridized carbons (Fsp3) is 0.889. The second kappa shape index (κ2) is 11.2. The first-order valence-electron chi connectivity index (χ1n) is 8.69. The van der Waals surface area contributed by atoms with Gasteiger partial charge in [0.15, 0.2) is 0 Å². The number of nitrogens with zero attached hydrogens (tertiary/aromatic N) is 2. The standard InChI is InChI=1S/C18H36Br2N2/c1-7-9-10-11-12-13-14-16-21(15-8-2)17(3,4)18(5,6)22(19)20/h8H,2,7,9-16H2,1,3-6H3. The molecule has 0 fully saturated rings. The Kier molecular flexibility index (Phi) is 11.5. The van der Waals surface area contributed by atoms with E-state index >= 15 is 0 Å². The van der Waals surface area contributed by atoms with Crippen LogP contribution < -0.4 is 0 Å². The van der Waals surface area contributed by atoms with Gasteiger partial charge in [-0.1, -0.05) is 51.5 Å². The Morgan fingerprint density at radius 1 is 0.864 bits per heavy atom. The van der Waals surface area contributed by atoms with E-state index in [0.29, 0.717) is 0 Å². The Morgan fingerprint density at radius 2 is 1.36 bits per heavy atom. The van der Waals surface area contributed by atoms with Crippen LogP contribution in [0.2, 0.25) is 0 Å². The Hall–Kier alpha value is 0.620. The molecule has 0 saturated carbocycles. The van der Waals surface area contributed by atoms with Gasteiger partial charge in [0, 0.05) is 44.4 Å². The SMILES string of the molecule is C=CCN(CCCCCCCCC)C(C)(C)C(C)(C)N(Br)Br. The third-order valence-electron chi connectivity index (χ3n) is 5.09. The highest BCUT2D eigenvalue weighted by atomic mass is 79.9. The van der Waals surface area contributed by atoms with Crippen LogP contribution in [-0.2, 0) is 0 Å². The maximum atomic E-state index is 3.94. The van der Waals surface area contributed by atoms with Crippen molar-refractivity contribution < 1.29 is 0 Å². The van der Waals surface area contributed by atoms with Crippen LogP contribution in [0.25, 0.3) is 0 Å². The zero-order valence-electron chi connectivity index (χ0n) is 15.3. The Labute approximate surface area is 156 Å². The van der Waals surface area contributed by atoms with Gasteiger partial charge in [0.05, 0.1) is 5.54 Å². The monoisotopic (exact) mass is 438 g/mol. The second-order valence-corrected chi connectivity index (χ2v) is 9.58. The van der Waals surface area contributed by atoms with Gasteiger partial charge in [-0.15, -0.1) is 6.58 Å². The van der Waals surface area contributed by atoms with E-state index in [1.807, 2.05) is 9.03 Å². The molecule has 4 heteroatoms. The van der Waals surface area contributed by atoms with Crippen LogP contribution >= 0.6 is 32.3 Å². The number of rotatable bonds is 13. The fourth-order valence-electron chi connectivity index (χ4n) is 2.61. The first kappa shape index (κ1) is 22.6. The predicted molar refractivity (Wildman–Crippen MR) is 108 cm³/mol. The van der Waals surface area contributed by atoms with E-state index in [2.05, 4.69) is 78.4 Å². The molecule has 0 unspecified atom stereocenters. The maximum absolute atomic E-state index is 3.94. The predicted octanol–water partition coefficient (Wildman–Crippen LogP) is 6.70. The van der Waals surface area contributed by atoms with E-state index in [9.17, 15) is 0 Å². The summed E-state index contributed by atoms with van der Waals surface area (Å²) in [5.41, 5.74) is -0.0203. The molecule has 132 valence electrons. The van der Waals surface area contributed by atoms with Crippen molar-refractivity contribution in [1.29, 1.82) is 0 Å². The lowest BCUT2D eigenvalue weighted by atomic mass is 9.81. The molecule has 0 aliphatic heterocycles. The highest BCUT2D eigenvalue weighted by Gasteiger charge is 2.44. The smallest absolute Gasteiger partial charge is 0.0553 e. The second-order valence-electron chi connectivity index (χ2n) is 7.21. The van der Waals surface area contributed by atoms with Crippen LogP contribution in [0.5, 0.6) is 0 Å². The Morgan fingerprint density at radius 3 is 1.82 bits per heavy atom. The lowest BCUT2D eigenvalue weighted by molar-refractivity contribution is 0.0413. The van der Waals surface area contributed by atoms with Crippen LogP contribution in [0.15, 0.2) is 12.7 Å². The van der Waals surface area contributed by atoms with Crippen molar-refractivity contribution in [2.75, 3.05) is 13.1 Å². The van der Waals surface area contributed by atoms with Crippen LogP contribution in [0, 0.1) is 0 Å². The van der Waals surface area contributed by atoms with Crippen LogP contribution in [0.3, 0.4) is 0 Å². The average molecular weight is 440 g/mol. The lowest BCUT2D eigenvalue weighted by Crippen LogP contribution is -2.61. The normalized spacial score (nSPS) is 13.1. The number of hydrogen-bond acceptors (Lipinski definition) is 2. The zero-order chi connectivity index (χ0) is 17.2. The molecular formula is C18H36Br2N2. The summed E-state index contributed by atoms with van der Waals surface area (Å²) >= 11 is 7.13. The number of unbranched alkanes of at least 4 members (excludes halogenated alkanes) is 6.